The number of nitrogens with zero attached hydrogens (tertiary/aromatic N) is 1. The van der Waals surface area contributed by atoms with Gasteiger partial charge in [0.2, 0.25) is 5.91 Å². The third kappa shape index (κ3) is 3.82. The van der Waals surface area contributed by atoms with Crippen LogP contribution in [0.2, 0.25) is 0 Å². The smallest absolute Gasteiger partial charge is 0.306 e. The third-order valence-corrected chi connectivity index (χ3v) is 4.01. The van der Waals surface area contributed by atoms with Crippen molar-refractivity contribution < 1.29 is 21.8 Å². The molecule has 2 rings (SSSR count). The Kier molecular flexibility index (Phi) is 4.65. The lowest BCUT2D eigenvalue weighted by molar-refractivity contribution is -0.129. The van der Waals surface area contributed by atoms with Gasteiger partial charge in [0.1, 0.15) is 0 Å². The zero-order valence-corrected chi connectivity index (χ0v) is 14.2. The molecule has 2 aromatic rings. The molecule has 6 nitrogen and oxygen atoms in total. The second kappa shape index (κ2) is 6.19. The maximum Gasteiger partial charge on any atom is 0.306 e. The maximum atomic E-state index is 14.6. The highest BCUT2D eigenvalue weighted by molar-refractivity contribution is 7.86. The van der Waals surface area contributed by atoms with Crippen molar-refractivity contribution in [1.29, 1.82) is 0 Å². The van der Waals surface area contributed by atoms with E-state index in [0.29, 0.717) is 11.1 Å². The van der Waals surface area contributed by atoms with Crippen LogP contribution in [0.4, 0.5) is 4.39 Å². The van der Waals surface area contributed by atoms with E-state index in [9.17, 15) is 17.6 Å². The number of aromatic nitrogens is 1. The first-order valence-corrected chi connectivity index (χ1v) is 8.81. The number of carbonyl (C=O) groups is 1. The van der Waals surface area contributed by atoms with Gasteiger partial charge in [-0.1, -0.05) is 6.92 Å². The SMILES string of the molecule is CC(CC(=O)N(C)C)c1c[nH]c2ccc(OS(C)(=O)=O)c(F)c12. The molecule has 1 aromatic heterocycles. The number of carbonyl (C=O) groups excluding carboxylic acids is 1. The summed E-state index contributed by atoms with van der Waals surface area (Å²) in [5, 5.41) is 0.241. The van der Waals surface area contributed by atoms with Gasteiger partial charge in [0.05, 0.1) is 6.26 Å². The fourth-order valence-electron chi connectivity index (χ4n) is 2.36. The predicted molar refractivity (Wildman–Crippen MR) is 85.5 cm³/mol. The van der Waals surface area contributed by atoms with Gasteiger partial charge in [0, 0.05) is 37.6 Å². The van der Waals surface area contributed by atoms with Crippen molar-refractivity contribution in [2.24, 2.45) is 0 Å². The molecule has 23 heavy (non-hydrogen) atoms. The first kappa shape index (κ1) is 17.3. The molecule has 0 bridgehead atoms. The first-order chi connectivity index (χ1) is 10.6. The summed E-state index contributed by atoms with van der Waals surface area (Å²) in [5.41, 5.74) is 1.12. The van der Waals surface area contributed by atoms with Crippen molar-refractivity contribution in [3.05, 3.63) is 29.7 Å². The average Bonchev–Trinajstić information content (AvgIpc) is 2.85. The number of halogens is 1. The van der Waals surface area contributed by atoms with E-state index < -0.39 is 15.9 Å². The Morgan fingerprint density at radius 1 is 1.39 bits per heavy atom. The zero-order valence-electron chi connectivity index (χ0n) is 13.4. The van der Waals surface area contributed by atoms with E-state index in [4.69, 9.17) is 0 Å². The molecule has 1 amide bonds. The molecule has 1 aromatic carbocycles. The zero-order chi connectivity index (χ0) is 17.4. The fourth-order valence-corrected chi connectivity index (χ4v) is 2.81. The fraction of sp³-hybridized carbons (Fsp3) is 0.400. The van der Waals surface area contributed by atoms with E-state index in [1.165, 1.54) is 11.0 Å². The molecule has 8 heteroatoms. The van der Waals surface area contributed by atoms with Gasteiger partial charge in [-0.05, 0) is 23.6 Å². The van der Waals surface area contributed by atoms with Crippen LogP contribution in [-0.4, -0.2) is 44.6 Å². The molecule has 0 saturated carbocycles. The van der Waals surface area contributed by atoms with Crippen LogP contribution < -0.4 is 4.18 Å². The summed E-state index contributed by atoms with van der Waals surface area (Å²) in [5.74, 6) is -1.42. The van der Waals surface area contributed by atoms with Crippen LogP contribution in [0, 0.1) is 5.82 Å². The van der Waals surface area contributed by atoms with Crippen LogP contribution in [0.3, 0.4) is 0 Å². The molecule has 0 fully saturated rings. The molecule has 1 unspecified atom stereocenters. The quantitative estimate of drug-likeness (QED) is 0.845. The lowest BCUT2D eigenvalue weighted by Crippen LogP contribution is -2.23. The van der Waals surface area contributed by atoms with Crippen molar-refractivity contribution in [3.8, 4) is 5.75 Å². The Labute approximate surface area is 134 Å². The Morgan fingerprint density at radius 3 is 2.61 bits per heavy atom. The second-order valence-electron chi connectivity index (χ2n) is 5.73. The highest BCUT2D eigenvalue weighted by atomic mass is 32.2. The van der Waals surface area contributed by atoms with Crippen LogP contribution >= 0.6 is 0 Å². The van der Waals surface area contributed by atoms with Gasteiger partial charge in [0.15, 0.2) is 11.6 Å². The number of hydrogen-bond donors (Lipinski definition) is 1. The molecule has 0 radical (unpaired) electrons. The summed E-state index contributed by atoms with van der Waals surface area (Å²) >= 11 is 0. The van der Waals surface area contributed by atoms with Gasteiger partial charge in [-0.3, -0.25) is 4.79 Å². The Morgan fingerprint density at radius 2 is 2.04 bits per heavy atom. The largest absolute Gasteiger partial charge is 0.379 e. The molecular weight excluding hydrogens is 323 g/mol. The standard InChI is InChI=1S/C15H19FN2O4S/c1-9(7-13(19)18(2)3)10-8-17-11-5-6-12(15(16)14(10)11)22-23(4,20)21/h5-6,8-9,17H,7H2,1-4H3. The Bertz CT molecular complexity index is 843. The van der Waals surface area contributed by atoms with E-state index in [0.717, 1.165) is 6.26 Å². The molecule has 0 aliphatic rings. The van der Waals surface area contributed by atoms with Gasteiger partial charge >= 0.3 is 10.1 Å². The van der Waals surface area contributed by atoms with Crippen LogP contribution in [0.15, 0.2) is 18.3 Å². The Hall–Kier alpha value is -2.09. The number of fused-ring (bicyclic) bond motifs is 1. The van der Waals surface area contributed by atoms with Gasteiger partial charge in [-0.2, -0.15) is 8.42 Å². The molecule has 0 aliphatic carbocycles. The number of rotatable bonds is 5. The minimum Gasteiger partial charge on any atom is -0.379 e. The molecule has 0 saturated heterocycles. The van der Waals surface area contributed by atoms with Crippen molar-refractivity contribution in [2.45, 2.75) is 19.3 Å². The van der Waals surface area contributed by atoms with Crippen molar-refractivity contribution >= 4 is 26.9 Å². The minimum atomic E-state index is -3.83. The lowest BCUT2D eigenvalue weighted by Gasteiger charge is -2.15. The number of aromatic amines is 1. The van der Waals surface area contributed by atoms with E-state index in [2.05, 4.69) is 9.17 Å². The number of benzene rings is 1. The lowest BCUT2D eigenvalue weighted by atomic mass is 9.96. The van der Waals surface area contributed by atoms with Gasteiger partial charge in [-0.15, -0.1) is 0 Å². The molecule has 0 aliphatic heterocycles. The summed E-state index contributed by atoms with van der Waals surface area (Å²) in [6, 6.07) is 2.80. The van der Waals surface area contributed by atoms with Crippen LogP contribution in [-0.2, 0) is 14.9 Å². The second-order valence-corrected chi connectivity index (χ2v) is 7.30. The summed E-state index contributed by atoms with van der Waals surface area (Å²) in [6.07, 6.45) is 2.70. The number of amides is 1. The first-order valence-electron chi connectivity index (χ1n) is 6.99. The highest BCUT2D eigenvalue weighted by Crippen LogP contribution is 2.34. The average molecular weight is 342 g/mol. The molecule has 0 spiro atoms. The molecule has 1 atom stereocenters. The van der Waals surface area contributed by atoms with Gasteiger partial charge in [-0.25, -0.2) is 4.39 Å². The summed E-state index contributed by atoms with van der Waals surface area (Å²) < 4.78 is 41.8. The monoisotopic (exact) mass is 342 g/mol. The summed E-state index contributed by atoms with van der Waals surface area (Å²) in [6.45, 7) is 1.81. The van der Waals surface area contributed by atoms with Crippen LogP contribution in [0.1, 0.15) is 24.8 Å². The molecule has 126 valence electrons. The van der Waals surface area contributed by atoms with Crippen molar-refractivity contribution in [1.82, 2.24) is 9.88 Å². The van der Waals surface area contributed by atoms with Crippen LogP contribution in [0.25, 0.3) is 10.9 Å². The highest BCUT2D eigenvalue weighted by Gasteiger charge is 2.21. The number of nitrogens with one attached hydrogen (secondary N) is 1. The third-order valence-electron chi connectivity index (χ3n) is 3.53. The van der Waals surface area contributed by atoms with E-state index in [1.807, 2.05) is 6.92 Å². The molecule has 1 N–H and O–H groups in total. The van der Waals surface area contributed by atoms with Crippen molar-refractivity contribution in [3.63, 3.8) is 0 Å². The van der Waals surface area contributed by atoms with Crippen LogP contribution in [0.5, 0.6) is 5.75 Å². The topological polar surface area (TPSA) is 79.5 Å². The predicted octanol–water partition coefficient (Wildman–Crippen LogP) is 2.23. The van der Waals surface area contributed by atoms with Gasteiger partial charge in [0.25, 0.3) is 0 Å². The van der Waals surface area contributed by atoms with Crippen molar-refractivity contribution in [2.75, 3.05) is 20.4 Å². The van der Waals surface area contributed by atoms with E-state index in [-0.39, 0.29) is 29.4 Å². The van der Waals surface area contributed by atoms with Gasteiger partial charge < -0.3 is 14.1 Å². The maximum absolute atomic E-state index is 14.6. The minimum absolute atomic E-state index is 0.0733. The summed E-state index contributed by atoms with van der Waals surface area (Å²) in [7, 11) is -0.514. The number of hydrogen-bond acceptors (Lipinski definition) is 4. The van der Waals surface area contributed by atoms with E-state index >= 15 is 0 Å². The number of H-pyrrole nitrogens is 1. The molecular formula is C15H19FN2O4S. The van der Waals surface area contributed by atoms with E-state index in [1.54, 1.807) is 26.4 Å². The molecule has 1 heterocycles. The summed E-state index contributed by atoms with van der Waals surface area (Å²) in [4.78, 5) is 16.2. The Balaban J connectivity index is 2.46. The normalized spacial score (nSPS) is 13.1.